The molecule has 1 unspecified atom stereocenters. The predicted molar refractivity (Wildman–Crippen MR) is 60.3 cm³/mol. The summed E-state index contributed by atoms with van der Waals surface area (Å²) >= 11 is 0. The summed E-state index contributed by atoms with van der Waals surface area (Å²) in [5, 5.41) is 10.6. The Morgan fingerprint density at radius 3 is 2.67 bits per heavy atom. The Balaban J connectivity index is 2.89. The molecule has 0 spiro atoms. The molecule has 18 heavy (non-hydrogen) atoms. The summed E-state index contributed by atoms with van der Waals surface area (Å²) in [6, 6.07) is 3.69. The molecule has 0 saturated heterocycles. The zero-order valence-electron chi connectivity index (χ0n) is 9.78. The predicted octanol–water partition coefficient (Wildman–Crippen LogP) is 1.70. The molecule has 1 rings (SSSR count). The number of hydrogen-bond acceptors (Lipinski definition) is 6. The first kappa shape index (κ1) is 13.6. The molecule has 0 amide bonds. The van der Waals surface area contributed by atoms with Crippen molar-refractivity contribution in [1.82, 2.24) is 0 Å². The maximum Gasteiger partial charge on any atom is 0.305 e. The first-order valence-electron chi connectivity index (χ1n) is 5.01. The maximum absolute atomic E-state index is 10.7. The van der Waals surface area contributed by atoms with Gasteiger partial charge in [-0.25, -0.2) is 0 Å². The minimum absolute atomic E-state index is 0.104. The van der Waals surface area contributed by atoms with Crippen LogP contribution in [0.1, 0.15) is 24.2 Å². The zero-order chi connectivity index (χ0) is 13.7. The van der Waals surface area contributed by atoms with Crippen LogP contribution in [0.3, 0.4) is 0 Å². The molecular weight excluding hydrogens is 242 g/mol. The summed E-state index contributed by atoms with van der Waals surface area (Å²) in [4.78, 5) is 31.3. The molecule has 0 aromatic heterocycles. The van der Waals surface area contributed by atoms with E-state index in [1.165, 1.54) is 26.0 Å². The van der Waals surface area contributed by atoms with Gasteiger partial charge in [0.25, 0.3) is 5.69 Å². The monoisotopic (exact) mass is 253 g/mol. The van der Waals surface area contributed by atoms with E-state index in [9.17, 15) is 19.7 Å². The van der Waals surface area contributed by atoms with Crippen molar-refractivity contribution in [2.24, 2.45) is 0 Å². The minimum atomic E-state index is -0.844. The number of aldehydes is 1. The van der Waals surface area contributed by atoms with E-state index in [1.807, 2.05) is 0 Å². The summed E-state index contributed by atoms with van der Waals surface area (Å²) in [7, 11) is 0. The van der Waals surface area contributed by atoms with Crippen molar-refractivity contribution in [3.63, 3.8) is 0 Å². The number of nitrogens with zero attached hydrogens (tertiary/aromatic N) is 1. The average Bonchev–Trinajstić information content (AvgIpc) is 2.27. The Bertz CT molecular complexity index is 484. The molecule has 7 heteroatoms. The molecule has 0 radical (unpaired) electrons. The van der Waals surface area contributed by atoms with Crippen molar-refractivity contribution >= 4 is 17.9 Å². The largest absolute Gasteiger partial charge is 0.455 e. The average molecular weight is 253 g/mol. The number of benzene rings is 1. The van der Waals surface area contributed by atoms with E-state index >= 15 is 0 Å². The molecule has 0 bridgehead atoms. The SMILES string of the molecule is CC(=O)OC(C)Oc1ccc([N+](=O)[O-])c(C=O)c1. The lowest BCUT2D eigenvalue weighted by molar-refractivity contribution is -0.385. The topological polar surface area (TPSA) is 95.7 Å². The quantitative estimate of drug-likeness (QED) is 0.260. The summed E-state index contributed by atoms with van der Waals surface area (Å²) in [6.45, 7) is 2.72. The van der Waals surface area contributed by atoms with Crippen molar-refractivity contribution < 1.29 is 24.0 Å². The number of carbonyl (C=O) groups is 2. The van der Waals surface area contributed by atoms with Gasteiger partial charge in [0.2, 0.25) is 6.29 Å². The van der Waals surface area contributed by atoms with Crippen LogP contribution in [0.15, 0.2) is 18.2 Å². The third-order valence-corrected chi connectivity index (χ3v) is 1.96. The molecule has 1 aromatic carbocycles. The number of nitro groups is 1. The second-order valence-corrected chi connectivity index (χ2v) is 3.39. The summed E-state index contributed by atoms with van der Waals surface area (Å²) in [6.07, 6.45) is -0.481. The number of nitro benzene ring substituents is 1. The fourth-order valence-corrected chi connectivity index (χ4v) is 1.32. The Hall–Kier alpha value is -2.44. The highest BCUT2D eigenvalue weighted by Crippen LogP contribution is 2.23. The lowest BCUT2D eigenvalue weighted by atomic mass is 10.2. The highest BCUT2D eigenvalue weighted by atomic mass is 16.7. The van der Waals surface area contributed by atoms with Gasteiger partial charge >= 0.3 is 5.97 Å². The van der Waals surface area contributed by atoms with Crippen LogP contribution in [0.4, 0.5) is 5.69 Å². The Morgan fingerprint density at radius 1 is 1.50 bits per heavy atom. The van der Waals surface area contributed by atoms with Crippen LogP contribution in [0, 0.1) is 10.1 Å². The summed E-state index contributed by atoms with van der Waals surface area (Å²) < 4.78 is 9.90. The van der Waals surface area contributed by atoms with Crippen LogP contribution < -0.4 is 4.74 Å². The molecule has 0 saturated carbocycles. The Labute approximate surface area is 102 Å². The van der Waals surface area contributed by atoms with Crippen LogP contribution in [-0.4, -0.2) is 23.5 Å². The van der Waals surface area contributed by atoms with E-state index in [4.69, 9.17) is 9.47 Å². The third-order valence-electron chi connectivity index (χ3n) is 1.96. The van der Waals surface area contributed by atoms with Gasteiger partial charge in [-0.2, -0.15) is 0 Å². The fourth-order valence-electron chi connectivity index (χ4n) is 1.32. The molecular formula is C11H11NO6. The van der Waals surface area contributed by atoms with E-state index in [0.717, 1.165) is 6.07 Å². The van der Waals surface area contributed by atoms with Gasteiger partial charge < -0.3 is 9.47 Å². The number of hydrogen-bond donors (Lipinski definition) is 0. The second-order valence-electron chi connectivity index (χ2n) is 3.39. The van der Waals surface area contributed by atoms with Gasteiger partial charge in [-0.15, -0.1) is 0 Å². The van der Waals surface area contributed by atoms with Crippen molar-refractivity contribution in [3.8, 4) is 5.75 Å². The summed E-state index contributed by atoms with van der Waals surface area (Å²) in [5.74, 6) is -0.309. The standard InChI is InChI=1S/C11H11NO6/c1-7(14)17-8(2)18-10-3-4-11(12(15)16)9(5-10)6-13/h3-6,8H,1-2H3. The molecule has 0 fully saturated rings. The smallest absolute Gasteiger partial charge is 0.305 e. The number of rotatable bonds is 5. The van der Waals surface area contributed by atoms with Crippen molar-refractivity contribution in [2.45, 2.75) is 20.1 Å². The molecule has 1 aromatic rings. The molecule has 1 atom stereocenters. The molecule has 0 heterocycles. The number of esters is 1. The minimum Gasteiger partial charge on any atom is -0.455 e. The second kappa shape index (κ2) is 5.76. The van der Waals surface area contributed by atoms with Crippen LogP contribution in [0.5, 0.6) is 5.75 Å². The molecule has 0 N–H and O–H groups in total. The van der Waals surface area contributed by atoms with Gasteiger partial charge in [0.15, 0.2) is 6.29 Å². The van der Waals surface area contributed by atoms with Crippen molar-refractivity contribution in [1.29, 1.82) is 0 Å². The molecule has 0 aliphatic heterocycles. The fraction of sp³-hybridized carbons (Fsp3) is 0.273. The van der Waals surface area contributed by atoms with Crippen LogP contribution in [-0.2, 0) is 9.53 Å². The first-order chi connectivity index (χ1) is 8.43. The first-order valence-corrected chi connectivity index (χ1v) is 5.01. The van der Waals surface area contributed by atoms with Crippen LogP contribution in [0.2, 0.25) is 0 Å². The lowest BCUT2D eigenvalue weighted by Gasteiger charge is -2.14. The van der Waals surface area contributed by atoms with E-state index in [2.05, 4.69) is 0 Å². The molecule has 7 nitrogen and oxygen atoms in total. The highest BCUT2D eigenvalue weighted by Gasteiger charge is 2.15. The zero-order valence-corrected chi connectivity index (χ0v) is 9.78. The lowest BCUT2D eigenvalue weighted by Crippen LogP contribution is -2.19. The van der Waals surface area contributed by atoms with E-state index < -0.39 is 17.2 Å². The van der Waals surface area contributed by atoms with Gasteiger partial charge in [0.1, 0.15) is 5.75 Å². The normalized spacial score (nSPS) is 11.4. The summed E-state index contributed by atoms with van der Waals surface area (Å²) in [5.41, 5.74) is -0.412. The maximum atomic E-state index is 10.7. The van der Waals surface area contributed by atoms with E-state index in [-0.39, 0.29) is 17.0 Å². The van der Waals surface area contributed by atoms with Crippen LogP contribution in [0.25, 0.3) is 0 Å². The molecule has 96 valence electrons. The van der Waals surface area contributed by atoms with Crippen molar-refractivity contribution in [2.75, 3.05) is 0 Å². The Morgan fingerprint density at radius 2 is 2.17 bits per heavy atom. The molecule has 0 aliphatic carbocycles. The van der Waals surface area contributed by atoms with Gasteiger partial charge in [-0.1, -0.05) is 0 Å². The number of ether oxygens (including phenoxy) is 2. The van der Waals surface area contributed by atoms with Crippen molar-refractivity contribution in [3.05, 3.63) is 33.9 Å². The van der Waals surface area contributed by atoms with E-state index in [0.29, 0.717) is 6.29 Å². The molecule has 0 aliphatic rings. The van der Waals surface area contributed by atoms with Gasteiger partial charge in [0, 0.05) is 19.9 Å². The Kier molecular flexibility index (Phi) is 4.36. The van der Waals surface area contributed by atoms with E-state index in [1.54, 1.807) is 0 Å². The third kappa shape index (κ3) is 3.55. The number of carbonyl (C=O) groups excluding carboxylic acids is 2. The van der Waals surface area contributed by atoms with Crippen LogP contribution >= 0.6 is 0 Å². The highest BCUT2D eigenvalue weighted by molar-refractivity contribution is 5.82. The van der Waals surface area contributed by atoms with Gasteiger partial charge in [0.05, 0.1) is 10.5 Å². The van der Waals surface area contributed by atoms with Gasteiger partial charge in [-0.05, 0) is 12.1 Å². The van der Waals surface area contributed by atoms with Gasteiger partial charge in [-0.3, -0.25) is 19.7 Å².